The number of Topliss-reactive ketones (excluding diaryl/α,β-unsaturated/α-hetero) is 1. The summed E-state index contributed by atoms with van der Waals surface area (Å²) >= 11 is 0. The first-order valence-corrected chi connectivity index (χ1v) is 10.7. The summed E-state index contributed by atoms with van der Waals surface area (Å²) in [4.78, 5) is 37.7. The summed E-state index contributed by atoms with van der Waals surface area (Å²) in [6, 6.07) is 20.4. The topological polar surface area (TPSA) is 93.7 Å². The van der Waals surface area contributed by atoms with Gasteiger partial charge in [-0.3, -0.25) is 14.4 Å². The average Bonchev–Trinajstić information content (AvgIpc) is 2.84. The zero-order valence-corrected chi connectivity index (χ0v) is 19.3. The van der Waals surface area contributed by atoms with Gasteiger partial charge in [0, 0.05) is 16.8 Å². The van der Waals surface area contributed by atoms with E-state index in [0.717, 1.165) is 0 Å². The van der Waals surface area contributed by atoms with Gasteiger partial charge in [-0.15, -0.1) is 0 Å². The molecule has 3 aromatic rings. The standard InChI is InChI=1S/C27H26N2O5/c1-4-34-25-16-19(13-14-24(25)33-3)15-23(29-26(31)20-9-6-5-7-10-20)27(32)28-22-12-8-11-21(17-22)18(2)30/h5-17H,4H2,1-3H3,(H,28,32)(H,29,31)/b23-15-. The van der Waals surface area contributed by atoms with E-state index in [0.29, 0.717) is 40.5 Å². The second kappa shape index (κ2) is 11.5. The van der Waals surface area contributed by atoms with Crippen LogP contribution < -0.4 is 20.1 Å². The average molecular weight is 459 g/mol. The number of nitrogens with one attached hydrogen (secondary N) is 2. The molecule has 2 amide bonds. The number of methoxy groups -OCH3 is 1. The highest BCUT2D eigenvalue weighted by atomic mass is 16.5. The first kappa shape index (κ1) is 24.3. The molecule has 0 spiro atoms. The highest BCUT2D eigenvalue weighted by Gasteiger charge is 2.16. The fourth-order valence-electron chi connectivity index (χ4n) is 3.17. The Balaban J connectivity index is 1.95. The number of carbonyl (C=O) groups excluding carboxylic acids is 3. The van der Waals surface area contributed by atoms with Crippen molar-refractivity contribution < 1.29 is 23.9 Å². The van der Waals surface area contributed by atoms with Crippen LogP contribution in [-0.2, 0) is 4.79 Å². The lowest BCUT2D eigenvalue weighted by molar-refractivity contribution is -0.113. The molecule has 0 saturated carbocycles. The van der Waals surface area contributed by atoms with Crippen molar-refractivity contribution in [2.75, 3.05) is 19.0 Å². The van der Waals surface area contributed by atoms with Gasteiger partial charge in [0.1, 0.15) is 5.70 Å². The summed E-state index contributed by atoms with van der Waals surface area (Å²) in [5.74, 6) is -0.0239. The molecule has 2 N–H and O–H groups in total. The van der Waals surface area contributed by atoms with Crippen molar-refractivity contribution in [3.05, 3.63) is 95.2 Å². The van der Waals surface area contributed by atoms with Gasteiger partial charge in [-0.05, 0) is 61.9 Å². The van der Waals surface area contributed by atoms with E-state index < -0.39 is 11.8 Å². The Kier molecular flexibility index (Phi) is 8.18. The molecule has 3 rings (SSSR count). The molecule has 0 heterocycles. The lowest BCUT2D eigenvalue weighted by atomic mass is 10.1. The normalized spacial score (nSPS) is 10.9. The monoisotopic (exact) mass is 458 g/mol. The number of amides is 2. The van der Waals surface area contributed by atoms with E-state index in [4.69, 9.17) is 9.47 Å². The highest BCUT2D eigenvalue weighted by Crippen LogP contribution is 2.29. The van der Waals surface area contributed by atoms with Gasteiger partial charge in [-0.1, -0.05) is 36.4 Å². The fraction of sp³-hybridized carbons (Fsp3) is 0.148. The largest absolute Gasteiger partial charge is 0.493 e. The van der Waals surface area contributed by atoms with Crippen molar-refractivity contribution in [3.63, 3.8) is 0 Å². The summed E-state index contributed by atoms with van der Waals surface area (Å²) < 4.78 is 10.9. The lowest BCUT2D eigenvalue weighted by Crippen LogP contribution is -2.30. The van der Waals surface area contributed by atoms with Crippen LogP contribution >= 0.6 is 0 Å². The number of benzene rings is 3. The van der Waals surface area contributed by atoms with Gasteiger partial charge in [-0.25, -0.2) is 0 Å². The Morgan fingerprint density at radius 3 is 2.29 bits per heavy atom. The zero-order chi connectivity index (χ0) is 24.5. The summed E-state index contributed by atoms with van der Waals surface area (Å²) in [5, 5.41) is 5.44. The minimum absolute atomic E-state index is 0.0229. The SMILES string of the molecule is CCOc1cc(/C=C(\NC(=O)c2ccccc2)C(=O)Nc2cccc(C(C)=O)c2)ccc1OC. The third-order valence-corrected chi connectivity index (χ3v) is 4.85. The van der Waals surface area contributed by atoms with Crippen molar-refractivity contribution in [1.82, 2.24) is 5.32 Å². The van der Waals surface area contributed by atoms with Gasteiger partial charge in [0.2, 0.25) is 0 Å². The van der Waals surface area contributed by atoms with Gasteiger partial charge in [0.15, 0.2) is 17.3 Å². The van der Waals surface area contributed by atoms with Crippen LogP contribution in [0.4, 0.5) is 5.69 Å². The molecule has 174 valence electrons. The van der Waals surface area contributed by atoms with Crippen LogP contribution in [0.15, 0.2) is 78.5 Å². The van der Waals surface area contributed by atoms with Crippen molar-refractivity contribution in [2.45, 2.75) is 13.8 Å². The molecule has 3 aromatic carbocycles. The number of ether oxygens (including phenoxy) is 2. The maximum Gasteiger partial charge on any atom is 0.272 e. The van der Waals surface area contributed by atoms with Crippen molar-refractivity contribution >= 4 is 29.4 Å². The highest BCUT2D eigenvalue weighted by molar-refractivity contribution is 6.11. The van der Waals surface area contributed by atoms with Gasteiger partial charge in [0.25, 0.3) is 11.8 Å². The molecule has 0 radical (unpaired) electrons. The van der Waals surface area contributed by atoms with E-state index >= 15 is 0 Å². The van der Waals surface area contributed by atoms with E-state index in [-0.39, 0.29) is 11.5 Å². The molecule has 7 nitrogen and oxygen atoms in total. The van der Waals surface area contributed by atoms with Crippen molar-refractivity contribution in [2.24, 2.45) is 0 Å². The Labute approximate surface area is 198 Å². The maximum atomic E-state index is 13.2. The molecule has 0 bridgehead atoms. The molecule has 34 heavy (non-hydrogen) atoms. The van der Waals surface area contributed by atoms with Gasteiger partial charge in [-0.2, -0.15) is 0 Å². The van der Waals surface area contributed by atoms with Gasteiger partial charge < -0.3 is 20.1 Å². The second-order valence-electron chi connectivity index (χ2n) is 7.31. The number of rotatable bonds is 9. The minimum atomic E-state index is -0.543. The van der Waals surface area contributed by atoms with Gasteiger partial charge in [0.05, 0.1) is 13.7 Å². The van der Waals surface area contributed by atoms with Crippen LogP contribution in [0.5, 0.6) is 11.5 Å². The number of carbonyl (C=O) groups is 3. The Hall–Kier alpha value is -4.39. The van der Waals surface area contributed by atoms with Crippen LogP contribution in [-0.4, -0.2) is 31.3 Å². The molecule has 0 unspecified atom stereocenters. The van der Waals surface area contributed by atoms with Crippen LogP contribution in [0, 0.1) is 0 Å². The van der Waals surface area contributed by atoms with E-state index in [1.165, 1.54) is 6.92 Å². The molecule has 7 heteroatoms. The van der Waals surface area contributed by atoms with Crippen molar-refractivity contribution in [1.29, 1.82) is 0 Å². The molecule has 0 aliphatic carbocycles. The summed E-state index contributed by atoms with van der Waals surface area (Å²) in [6.45, 7) is 3.75. The smallest absolute Gasteiger partial charge is 0.272 e. The maximum absolute atomic E-state index is 13.2. The molecule has 0 aliphatic rings. The third kappa shape index (κ3) is 6.32. The zero-order valence-electron chi connectivity index (χ0n) is 19.3. The Bertz CT molecular complexity index is 1220. The molecular formula is C27H26N2O5. The summed E-state index contributed by atoms with van der Waals surface area (Å²) in [5.41, 5.74) is 1.95. The van der Waals surface area contributed by atoms with E-state index in [1.807, 2.05) is 6.92 Å². The van der Waals surface area contributed by atoms with Crippen LogP contribution in [0.3, 0.4) is 0 Å². The number of ketones is 1. The van der Waals surface area contributed by atoms with Gasteiger partial charge >= 0.3 is 0 Å². The van der Waals surface area contributed by atoms with E-state index in [1.54, 1.807) is 86.0 Å². The minimum Gasteiger partial charge on any atom is -0.493 e. The summed E-state index contributed by atoms with van der Waals surface area (Å²) in [7, 11) is 1.54. The summed E-state index contributed by atoms with van der Waals surface area (Å²) in [6.07, 6.45) is 1.55. The fourth-order valence-corrected chi connectivity index (χ4v) is 3.17. The van der Waals surface area contributed by atoms with Crippen molar-refractivity contribution in [3.8, 4) is 11.5 Å². The molecule has 0 saturated heterocycles. The lowest BCUT2D eigenvalue weighted by Gasteiger charge is -2.13. The first-order valence-electron chi connectivity index (χ1n) is 10.7. The quantitative estimate of drug-likeness (QED) is 0.358. The van der Waals surface area contributed by atoms with E-state index in [9.17, 15) is 14.4 Å². The predicted octanol–water partition coefficient (Wildman–Crippen LogP) is 4.71. The van der Waals surface area contributed by atoms with Crippen LogP contribution in [0.2, 0.25) is 0 Å². The third-order valence-electron chi connectivity index (χ3n) is 4.85. The van der Waals surface area contributed by atoms with Crippen LogP contribution in [0.1, 0.15) is 40.1 Å². The molecule has 0 atom stereocenters. The molecule has 0 aliphatic heterocycles. The molecular weight excluding hydrogens is 432 g/mol. The molecule has 0 fully saturated rings. The Morgan fingerprint density at radius 1 is 0.882 bits per heavy atom. The Morgan fingerprint density at radius 2 is 1.62 bits per heavy atom. The number of hydrogen-bond donors (Lipinski definition) is 2. The number of anilines is 1. The second-order valence-corrected chi connectivity index (χ2v) is 7.31. The predicted molar refractivity (Wildman–Crippen MR) is 131 cm³/mol. The molecule has 0 aromatic heterocycles. The first-order chi connectivity index (χ1) is 16.4. The van der Waals surface area contributed by atoms with Crippen LogP contribution in [0.25, 0.3) is 6.08 Å². The van der Waals surface area contributed by atoms with E-state index in [2.05, 4.69) is 10.6 Å². The number of hydrogen-bond acceptors (Lipinski definition) is 5.